The standard InChI is InChI=1S/C27H33ClN2O7/c1-7-29(8-2)11-12-30-24(16-9-10-19(34-3)22(13-16)37-6)23(26(32)27(30)33)25(31)17-14-18(28)21(36-5)15-20(17)35-4/h9-10,13-15,24,31H,7-8,11-12H2,1-6H3/b25-23+. The fraction of sp³-hybridized carbons (Fsp3) is 0.407. The van der Waals surface area contributed by atoms with Crippen LogP contribution in [0.2, 0.25) is 5.02 Å². The second kappa shape index (κ2) is 12.2. The summed E-state index contributed by atoms with van der Waals surface area (Å²) >= 11 is 6.33. The smallest absolute Gasteiger partial charge is 0.295 e. The zero-order valence-corrected chi connectivity index (χ0v) is 22.7. The second-order valence-electron chi connectivity index (χ2n) is 8.32. The maximum absolute atomic E-state index is 13.4. The van der Waals surface area contributed by atoms with Crippen LogP contribution >= 0.6 is 11.6 Å². The molecule has 0 spiro atoms. The van der Waals surface area contributed by atoms with Crippen LogP contribution in [0.5, 0.6) is 23.0 Å². The number of ketones is 1. The van der Waals surface area contributed by atoms with Gasteiger partial charge in [-0.1, -0.05) is 31.5 Å². The molecule has 2 aromatic rings. The largest absolute Gasteiger partial charge is 0.507 e. The fourth-order valence-electron chi connectivity index (χ4n) is 4.46. The third kappa shape index (κ3) is 5.47. The highest BCUT2D eigenvalue weighted by atomic mass is 35.5. The Bertz CT molecular complexity index is 1190. The van der Waals surface area contributed by atoms with Gasteiger partial charge in [-0.3, -0.25) is 9.59 Å². The molecule has 1 aliphatic rings. The normalized spacial score (nSPS) is 16.9. The number of likely N-dealkylation sites (N-methyl/N-ethyl adjacent to an activating group) is 1. The number of amides is 1. The van der Waals surface area contributed by atoms with Crippen LogP contribution in [0.25, 0.3) is 5.76 Å². The van der Waals surface area contributed by atoms with Gasteiger partial charge in [0, 0.05) is 19.2 Å². The topological polar surface area (TPSA) is 97.8 Å². The van der Waals surface area contributed by atoms with Crippen molar-refractivity contribution in [3.05, 3.63) is 52.1 Å². The molecule has 1 aliphatic heterocycles. The molecule has 0 bridgehead atoms. The molecule has 2 aromatic carbocycles. The lowest BCUT2D eigenvalue weighted by Gasteiger charge is -2.28. The Labute approximate surface area is 222 Å². The van der Waals surface area contributed by atoms with Gasteiger partial charge in [0.05, 0.1) is 50.6 Å². The number of rotatable bonds is 11. The molecular weight excluding hydrogens is 500 g/mol. The van der Waals surface area contributed by atoms with Crippen molar-refractivity contribution in [3.63, 3.8) is 0 Å². The first-order valence-electron chi connectivity index (χ1n) is 11.9. The number of halogens is 1. The van der Waals surface area contributed by atoms with Gasteiger partial charge in [0.25, 0.3) is 11.7 Å². The van der Waals surface area contributed by atoms with Crippen LogP contribution < -0.4 is 18.9 Å². The number of hydrogen-bond donors (Lipinski definition) is 1. The lowest BCUT2D eigenvalue weighted by atomic mass is 9.94. The number of aliphatic hydroxyl groups is 1. The molecule has 1 atom stereocenters. The van der Waals surface area contributed by atoms with E-state index in [-0.39, 0.29) is 28.5 Å². The number of carbonyl (C=O) groups excluding carboxylic acids is 2. The number of benzene rings is 2. The van der Waals surface area contributed by atoms with E-state index in [9.17, 15) is 14.7 Å². The summed E-state index contributed by atoms with van der Waals surface area (Å²) in [7, 11) is 5.91. The van der Waals surface area contributed by atoms with Crippen molar-refractivity contribution in [2.45, 2.75) is 19.9 Å². The Kier molecular flexibility index (Phi) is 9.29. The first-order valence-corrected chi connectivity index (χ1v) is 12.3. The van der Waals surface area contributed by atoms with E-state index in [1.807, 2.05) is 13.8 Å². The second-order valence-corrected chi connectivity index (χ2v) is 8.73. The summed E-state index contributed by atoms with van der Waals surface area (Å²) in [6, 6.07) is 7.23. The molecule has 0 saturated carbocycles. The molecule has 37 heavy (non-hydrogen) atoms. The number of methoxy groups -OCH3 is 4. The predicted octanol–water partition coefficient (Wildman–Crippen LogP) is 4.14. The summed E-state index contributed by atoms with van der Waals surface area (Å²) in [5.74, 6) is -0.401. The quantitative estimate of drug-likeness (QED) is 0.262. The molecule has 1 heterocycles. The van der Waals surface area contributed by atoms with E-state index >= 15 is 0 Å². The number of carbonyl (C=O) groups is 2. The highest BCUT2D eigenvalue weighted by Crippen LogP contribution is 2.44. The van der Waals surface area contributed by atoms with Gasteiger partial charge in [0.15, 0.2) is 11.5 Å². The van der Waals surface area contributed by atoms with Crippen molar-refractivity contribution in [1.29, 1.82) is 0 Å². The Hall–Kier alpha value is -3.43. The lowest BCUT2D eigenvalue weighted by Crippen LogP contribution is -2.38. The lowest BCUT2D eigenvalue weighted by molar-refractivity contribution is -0.140. The number of hydrogen-bond acceptors (Lipinski definition) is 8. The van der Waals surface area contributed by atoms with E-state index in [4.69, 9.17) is 30.5 Å². The molecule has 1 unspecified atom stereocenters. The molecule has 200 valence electrons. The molecule has 1 fully saturated rings. The minimum absolute atomic E-state index is 0.0729. The number of likely N-dealkylation sites (tertiary alicyclic amines) is 1. The van der Waals surface area contributed by atoms with E-state index in [0.717, 1.165) is 13.1 Å². The van der Waals surface area contributed by atoms with Crippen LogP contribution in [0.3, 0.4) is 0 Å². The zero-order chi connectivity index (χ0) is 27.3. The Morgan fingerprint density at radius 2 is 1.54 bits per heavy atom. The number of nitrogens with zero attached hydrogens (tertiary/aromatic N) is 2. The molecule has 9 nitrogen and oxygen atoms in total. The van der Waals surface area contributed by atoms with Gasteiger partial charge in [0.1, 0.15) is 17.3 Å². The summed E-state index contributed by atoms with van der Waals surface area (Å²) in [6.07, 6.45) is 0. The molecule has 1 saturated heterocycles. The van der Waals surface area contributed by atoms with Gasteiger partial charge in [-0.2, -0.15) is 0 Å². The molecule has 1 amide bonds. The van der Waals surface area contributed by atoms with Crippen LogP contribution in [0.4, 0.5) is 0 Å². The molecule has 0 aromatic heterocycles. The zero-order valence-electron chi connectivity index (χ0n) is 22.0. The SMILES string of the molecule is CCN(CC)CCN1C(=O)C(=O)/C(=C(/O)c2cc(Cl)c(OC)cc2OC)C1c1ccc(OC)c(OC)c1. The van der Waals surface area contributed by atoms with Gasteiger partial charge in [-0.15, -0.1) is 0 Å². The molecule has 0 radical (unpaired) electrons. The fourth-order valence-corrected chi connectivity index (χ4v) is 4.70. The van der Waals surface area contributed by atoms with E-state index < -0.39 is 23.5 Å². The average Bonchev–Trinajstić information content (AvgIpc) is 3.17. The maximum Gasteiger partial charge on any atom is 0.295 e. The van der Waals surface area contributed by atoms with Crippen LogP contribution in [0, 0.1) is 0 Å². The van der Waals surface area contributed by atoms with E-state index in [1.54, 1.807) is 18.2 Å². The molecule has 10 heteroatoms. The monoisotopic (exact) mass is 532 g/mol. The van der Waals surface area contributed by atoms with Crippen LogP contribution in [-0.4, -0.2) is 81.2 Å². The average molecular weight is 533 g/mol. The van der Waals surface area contributed by atoms with Gasteiger partial charge < -0.3 is 33.9 Å². The Morgan fingerprint density at radius 1 is 0.919 bits per heavy atom. The van der Waals surface area contributed by atoms with E-state index in [0.29, 0.717) is 29.4 Å². The summed E-state index contributed by atoms with van der Waals surface area (Å²) in [5, 5.41) is 11.7. The van der Waals surface area contributed by atoms with Crippen molar-refractivity contribution in [1.82, 2.24) is 9.80 Å². The van der Waals surface area contributed by atoms with Crippen molar-refractivity contribution >= 4 is 29.1 Å². The third-order valence-electron chi connectivity index (χ3n) is 6.54. The van der Waals surface area contributed by atoms with Gasteiger partial charge in [-0.25, -0.2) is 0 Å². The molecule has 0 aliphatic carbocycles. The summed E-state index contributed by atoms with van der Waals surface area (Å²) in [4.78, 5) is 30.3. The van der Waals surface area contributed by atoms with Gasteiger partial charge in [-0.05, 0) is 36.9 Å². The third-order valence-corrected chi connectivity index (χ3v) is 6.84. The first-order chi connectivity index (χ1) is 17.8. The van der Waals surface area contributed by atoms with E-state index in [1.165, 1.54) is 45.5 Å². The van der Waals surface area contributed by atoms with Crippen molar-refractivity contribution in [2.75, 3.05) is 54.6 Å². The molecule has 3 rings (SSSR count). The summed E-state index contributed by atoms with van der Waals surface area (Å²) in [5.41, 5.74) is 0.674. The number of Topliss-reactive ketones (excluding diaryl/α,β-unsaturated/α-hetero) is 1. The molecule has 1 N–H and O–H groups in total. The minimum atomic E-state index is -0.874. The molecular formula is C27H33ClN2O7. The predicted molar refractivity (Wildman–Crippen MR) is 141 cm³/mol. The number of ether oxygens (including phenoxy) is 4. The van der Waals surface area contributed by atoms with Crippen LogP contribution in [0.1, 0.15) is 31.0 Å². The van der Waals surface area contributed by atoms with Crippen LogP contribution in [0.15, 0.2) is 35.9 Å². The summed E-state index contributed by atoms with van der Waals surface area (Å²) in [6.45, 7) is 6.49. The Balaban J connectivity index is 2.24. The van der Waals surface area contributed by atoms with Crippen molar-refractivity contribution in [2.24, 2.45) is 0 Å². The minimum Gasteiger partial charge on any atom is -0.507 e. The van der Waals surface area contributed by atoms with E-state index in [2.05, 4.69) is 4.90 Å². The maximum atomic E-state index is 13.4. The van der Waals surface area contributed by atoms with Gasteiger partial charge >= 0.3 is 0 Å². The highest BCUT2D eigenvalue weighted by Gasteiger charge is 2.46. The van der Waals surface area contributed by atoms with Crippen molar-refractivity contribution < 1.29 is 33.6 Å². The van der Waals surface area contributed by atoms with Crippen molar-refractivity contribution in [3.8, 4) is 23.0 Å². The van der Waals surface area contributed by atoms with Gasteiger partial charge in [0.2, 0.25) is 0 Å². The number of aliphatic hydroxyl groups excluding tert-OH is 1. The highest BCUT2D eigenvalue weighted by molar-refractivity contribution is 6.46. The Morgan fingerprint density at radius 3 is 2.11 bits per heavy atom. The first kappa shape index (κ1) is 28.1. The van der Waals surface area contributed by atoms with Crippen LogP contribution in [-0.2, 0) is 9.59 Å². The summed E-state index contributed by atoms with van der Waals surface area (Å²) < 4.78 is 21.5.